The molecule has 1 spiro atoms. The zero-order chi connectivity index (χ0) is 16.4. The van der Waals surface area contributed by atoms with Crippen molar-refractivity contribution in [3.05, 3.63) is 30.1 Å². The molecule has 1 aliphatic heterocycles. The number of carbonyl (C=O) groups excluding carboxylic acids is 2. The number of ether oxygens (including phenoxy) is 1. The summed E-state index contributed by atoms with van der Waals surface area (Å²) in [6.07, 6.45) is 2.76. The number of benzene rings is 1. The van der Waals surface area contributed by atoms with E-state index in [1.807, 2.05) is 0 Å². The standard InChI is InChI=1S/C17H20FNO4/c18-12-3-5-14(6-4-12)23-11-13(20)10-19-15(21)9-17(16(19)22)7-1-2-8-17/h3-6,13,20H,1-2,7-11H2/t13-/m1/s1. The highest BCUT2D eigenvalue weighted by atomic mass is 19.1. The van der Waals surface area contributed by atoms with Crippen LogP contribution in [-0.2, 0) is 9.59 Å². The van der Waals surface area contributed by atoms with Crippen LogP contribution < -0.4 is 4.74 Å². The van der Waals surface area contributed by atoms with Crippen molar-refractivity contribution in [2.45, 2.75) is 38.2 Å². The van der Waals surface area contributed by atoms with Gasteiger partial charge < -0.3 is 9.84 Å². The lowest BCUT2D eigenvalue weighted by Gasteiger charge is -2.22. The Morgan fingerprint density at radius 3 is 2.52 bits per heavy atom. The van der Waals surface area contributed by atoms with Gasteiger partial charge in [-0.25, -0.2) is 4.39 Å². The number of halogens is 1. The van der Waals surface area contributed by atoms with Gasteiger partial charge in [0.2, 0.25) is 11.8 Å². The topological polar surface area (TPSA) is 66.8 Å². The molecule has 5 nitrogen and oxygen atoms in total. The predicted molar refractivity (Wildman–Crippen MR) is 80.1 cm³/mol. The molecule has 1 saturated heterocycles. The van der Waals surface area contributed by atoms with Crippen molar-refractivity contribution < 1.29 is 23.8 Å². The fourth-order valence-electron chi connectivity index (χ4n) is 3.47. The fraction of sp³-hybridized carbons (Fsp3) is 0.529. The van der Waals surface area contributed by atoms with Gasteiger partial charge in [-0.2, -0.15) is 0 Å². The molecule has 124 valence electrons. The Kier molecular flexibility index (Phi) is 4.35. The Bertz CT molecular complexity index is 595. The highest BCUT2D eigenvalue weighted by molar-refractivity contribution is 6.06. The third-order valence-corrected chi connectivity index (χ3v) is 4.70. The third kappa shape index (κ3) is 3.22. The molecule has 2 aliphatic rings. The monoisotopic (exact) mass is 321 g/mol. The van der Waals surface area contributed by atoms with Crippen molar-refractivity contribution in [3.8, 4) is 5.75 Å². The van der Waals surface area contributed by atoms with E-state index in [9.17, 15) is 19.1 Å². The van der Waals surface area contributed by atoms with Crippen molar-refractivity contribution in [1.29, 1.82) is 0 Å². The van der Waals surface area contributed by atoms with Gasteiger partial charge in [-0.1, -0.05) is 12.8 Å². The van der Waals surface area contributed by atoms with Gasteiger partial charge in [-0.3, -0.25) is 14.5 Å². The maximum Gasteiger partial charge on any atom is 0.235 e. The van der Waals surface area contributed by atoms with E-state index in [1.165, 1.54) is 29.2 Å². The first-order valence-corrected chi connectivity index (χ1v) is 7.91. The van der Waals surface area contributed by atoms with Crippen LogP contribution in [0, 0.1) is 11.2 Å². The van der Waals surface area contributed by atoms with E-state index in [0.29, 0.717) is 5.75 Å². The van der Waals surface area contributed by atoms with Crippen LogP contribution in [-0.4, -0.2) is 41.1 Å². The molecule has 0 radical (unpaired) electrons. The molecule has 3 rings (SSSR count). The van der Waals surface area contributed by atoms with E-state index in [4.69, 9.17) is 4.74 Å². The lowest BCUT2D eigenvalue weighted by atomic mass is 9.84. The summed E-state index contributed by atoms with van der Waals surface area (Å²) in [6.45, 7) is -0.115. The Morgan fingerprint density at radius 2 is 1.87 bits per heavy atom. The normalized spacial score (nSPS) is 21.2. The number of imide groups is 1. The number of β-amino-alcohol motifs (C(OH)–C–C–N with tert-alkyl or cyclic N) is 1. The number of nitrogens with zero attached hydrogens (tertiary/aromatic N) is 1. The van der Waals surface area contributed by atoms with Crippen LogP contribution >= 0.6 is 0 Å². The molecule has 2 amide bonds. The number of hydrogen-bond acceptors (Lipinski definition) is 4. The van der Waals surface area contributed by atoms with Crippen LogP contribution in [0.25, 0.3) is 0 Å². The molecule has 1 saturated carbocycles. The van der Waals surface area contributed by atoms with Crippen LogP contribution in [0.1, 0.15) is 32.1 Å². The second-order valence-corrected chi connectivity index (χ2v) is 6.39. The maximum atomic E-state index is 12.8. The summed E-state index contributed by atoms with van der Waals surface area (Å²) in [4.78, 5) is 25.8. The van der Waals surface area contributed by atoms with Crippen LogP contribution in [0.3, 0.4) is 0 Å². The van der Waals surface area contributed by atoms with Gasteiger partial charge in [-0.15, -0.1) is 0 Å². The summed E-state index contributed by atoms with van der Waals surface area (Å²) in [5, 5.41) is 10.0. The van der Waals surface area contributed by atoms with Crippen LogP contribution in [0.5, 0.6) is 5.75 Å². The molecule has 1 atom stereocenters. The van der Waals surface area contributed by atoms with Crippen LogP contribution in [0.15, 0.2) is 24.3 Å². The number of aliphatic hydroxyl groups is 1. The minimum Gasteiger partial charge on any atom is -0.491 e. The number of likely N-dealkylation sites (tertiary alicyclic amines) is 1. The quantitative estimate of drug-likeness (QED) is 0.841. The van der Waals surface area contributed by atoms with Crippen molar-refractivity contribution >= 4 is 11.8 Å². The first kappa shape index (κ1) is 15.9. The van der Waals surface area contributed by atoms with Gasteiger partial charge in [0.25, 0.3) is 0 Å². The molecule has 6 heteroatoms. The van der Waals surface area contributed by atoms with E-state index in [0.717, 1.165) is 25.7 Å². The maximum absolute atomic E-state index is 12.8. The summed E-state index contributed by atoms with van der Waals surface area (Å²) in [7, 11) is 0. The largest absolute Gasteiger partial charge is 0.491 e. The van der Waals surface area contributed by atoms with Gasteiger partial charge in [0.05, 0.1) is 12.0 Å². The number of aliphatic hydroxyl groups excluding tert-OH is 1. The molecule has 23 heavy (non-hydrogen) atoms. The highest BCUT2D eigenvalue weighted by Gasteiger charge is 2.52. The zero-order valence-electron chi connectivity index (χ0n) is 12.8. The molecular weight excluding hydrogens is 301 g/mol. The van der Waals surface area contributed by atoms with Gasteiger partial charge in [0, 0.05) is 6.42 Å². The smallest absolute Gasteiger partial charge is 0.235 e. The Hall–Kier alpha value is -1.95. The minimum absolute atomic E-state index is 0.0549. The molecule has 0 unspecified atom stereocenters. The Morgan fingerprint density at radius 1 is 1.22 bits per heavy atom. The molecule has 0 bridgehead atoms. The van der Waals surface area contributed by atoms with E-state index in [2.05, 4.69) is 0 Å². The summed E-state index contributed by atoms with van der Waals surface area (Å²) in [5.41, 5.74) is -0.519. The molecular formula is C17H20FNO4. The van der Waals surface area contributed by atoms with E-state index in [-0.39, 0.29) is 37.2 Å². The molecule has 1 N–H and O–H groups in total. The molecule has 1 aromatic rings. The highest BCUT2D eigenvalue weighted by Crippen LogP contribution is 2.46. The van der Waals surface area contributed by atoms with E-state index >= 15 is 0 Å². The van der Waals surface area contributed by atoms with E-state index < -0.39 is 11.5 Å². The summed E-state index contributed by atoms with van der Waals surface area (Å²) >= 11 is 0. The third-order valence-electron chi connectivity index (χ3n) is 4.70. The zero-order valence-corrected chi connectivity index (χ0v) is 12.8. The first-order chi connectivity index (χ1) is 11.0. The second-order valence-electron chi connectivity index (χ2n) is 6.39. The summed E-state index contributed by atoms with van der Waals surface area (Å²) < 4.78 is 18.2. The number of carbonyl (C=O) groups is 2. The average molecular weight is 321 g/mol. The number of amides is 2. The predicted octanol–water partition coefficient (Wildman–Crippen LogP) is 1.88. The summed E-state index contributed by atoms with van der Waals surface area (Å²) in [6, 6.07) is 5.45. The van der Waals surface area contributed by atoms with Crippen molar-refractivity contribution in [2.24, 2.45) is 5.41 Å². The minimum atomic E-state index is -0.968. The molecule has 2 fully saturated rings. The van der Waals surface area contributed by atoms with Gasteiger partial charge in [0.1, 0.15) is 24.3 Å². The van der Waals surface area contributed by atoms with Crippen molar-refractivity contribution in [2.75, 3.05) is 13.2 Å². The Balaban J connectivity index is 1.55. The van der Waals surface area contributed by atoms with Gasteiger partial charge >= 0.3 is 0 Å². The lowest BCUT2D eigenvalue weighted by Crippen LogP contribution is -2.41. The molecule has 1 aliphatic carbocycles. The lowest BCUT2D eigenvalue weighted by molar-refractivity contribution is -0.143. The number of hydrogen-bond donors (Lipinski definition) is 1. The molecule has 1 aromatic carbocycles. The van der Waals surface area contributed by atoms with Crippen molar-refractivity contribution in [1.82, 2.24) is 4.90 Å². The van der Waals surface area contributed by atoms with Gasteiger partial charge in [0.15, 0.2) is 0 Å². The fourth-order valence-corrected chi connectivity index (χ4v) is 3.47. The van der Waals surface area contributed by atoms with Crippen LogP contribution in [0.2, 0.25) is 0 Å². The van der Waals surface area contributed by atoms with Gasteiger partial charge in [-0.05, 0) is 37.1 Å². The van der Waals surface area contributed by atoms with Crippen LogP contribution in [0.4, 0.5) is 4.39 Å². The first-order valence-electron chi connectivity index (χ1n) is 7.91. The average Bonchev–Trinajstić information content (AvgIpc) is 3.08. The number of rotatable bonds is 5. The van der Waals surface area contributed by atoms with Crippen molar-refractivity contribution in [3.63, 3.8) is 0 Å². The second kappa shape index (κ2) is 6.28. The summed E-state index contributed by atoms with van der Waals surface area (Å²) in [5.74, 6) is -0.302. The Labute approximate surface area is 134 Å². The molecule has 1 heterocycles. The molecule has 0 aromatic heterocycles. The SMILES string of the molecule is O=C1CC2(CCCC2)C(=O)N1C[C@@H](O)COc1ccc(F)cc1. The van der Waals surface area contributed by atoms with E-state index in [1.54, 1.807) is 0 Å².